The first kappa shape index (κ1) is 31.7. The van der Waals surface area contributed by atoms with Crippen molar-refractivity contribution in [1.82, 2.24) is 4.57 Å². The highest BCUT2D eigenvalue weighted by atomic mass is 16.5. The second-order valence-corrected chi connectivity index (χ2v) is 14.9. The van der Waals surface area contributed by atoms with Gasteiger partial charge in [-0.25, -0.2) is 0 Å². The molecule has 0 spiro atoms. The highest BCUT2D eigenvalue weighted by molar-refractivity contribution is 6.13. The molecule has 1 aromatic heterocycles. The Bertz CT molecular complexity index is 3390. The third-order valence-corrected chi connectivity index (χ3v) is 11.7. The molecule has 0 radical (unpaired) electrons. The van der Waals surface area contributed by atoms with Gasteiger partial charge in [-0.15, -0.1) is 0 Å². The Labute approximate surface area is 329 Å². The van der Waals surface area contributed by atoms with Crippen molar-refractivity contribution in [3.8, 4) is 39.4 Å². The van der Waals surface area contributed by atoms with Crippen molar-refractivity contribution >= 4 is 71.2 Å². The molecule has 0 unspecified atom stereocenters. The second kappa shape index (κ2) is 12.5. The van der Waals surface area contributed by atoms with Crippen LogP contribution in [0, 0.1) is 0 Å². The molecule has 0 N–H and O–H groups in total. The Morgan fingerprint density at radius 2 is 1.00 bits per heavy atom. The first-order valence-corrected chi connectivity index (χ1v) is 19.5. The molecule has 0 atom stereocenters. The predicted octanol–water partition coefficient (Wildman–Crippen LogP) is 15.2. The van der Waals surface area contributed by atoms with Gasteiger partial charge in [-0.1, -0.05) is 140 Å². The quantitative estimate of drug-likeness (QED) is 0.164. The van der Waals surface area contributed by atoms with Crippen LogP contribution in [0.15, 0.2) is 206 Å². The van der Waals surface area contributed by atoms with E-state index < -0.39 is 0 Å². The number of para-hydroxylation sites is 3. The zero-order chi connectivity index (χ0) is 37.5. The highest BCUT2D eigenvalue weighted by Crippen LogP contribution is 2.46. The molecule has 57 heavy (non-hydrogen) atoms. The van der Waals surface area contributed by atoms with Crippen LogP contribution in [0.3, 0.4) is 0 Å². The maximum Gasteiger partial charge on any atom is 0.152 e. The van der Waals surface area contributed by atoms with E-state index in [1.54, 1.807) is 0 Å². The van der Waals surface area contributed by atoms with Crippen LogP contribution in [0.25, 0.3) is 82.1 Å². The van der Waals surface area contributed by atoms with Crippen molar-refractivity contribution in [2.75, 3.05) is 4.90 Å². The monoisotopic (exact) mass is 726 g/mol. The van der Waals surface area contributed by atoms with Gasteiger partial charge in [-0.2, -0.15) is 0 Å². The zero-order valence-electron chi connectivity index (χ0n) is 30.9. The third kappa shape index (κ3) is 4.99. The Kier molecular flexibility index (Phi) is 6.93. The van der Waals surface area contributed by atoms with Crippen molar-refractivity contribution in [2.45, 2.75) is 0 Å². The summed E-state index contributed by atoms with van der Waals surface area (Å²) in [6, 6.07) is 74.7. The average molecular weight is 727 g/mol. The summed E-state index contributed by atoms with van der Waals surface area (Å²) in [4.78, 5) is 2.39. The number of rotatable bonds is 5. The molecule has 266 valence electrons. The molecular weight excluding hydrogens is 693 g/mol. The van der Waals surface area contributed by atoms with Gasteiger partial charge in [0.25, 0.3) is 0 Å². The van der Waals surface area contributed by atoms with Crippen LogP contribution in [-0.2, 0) is 0 Å². The molecular formula is C54H34N2O. The Hall–Kier alpha value is -7.62. The van der Waals surface area contributed by atoms with Crippen LogP contribution in [-0.4, -0.2) is 4.57 Å². The molecule has 11 aromatic rings. The van der Waals surface area contributed by atoms with Gasteiger partial charge in [-0.05, 0) is 121 Å². The number of benzene rings is 10. The van der Waals surface area contributed by atoms with Gasteiger partial charge >= 0.3 is 0 Å². The molecule has 0 saturated heterocycles. The van der Waals surface area contributed by atoms with E-state index >= 15 is 0 Å². The minimum absolute atomic E-state index is 0.877. The average Bonchev–Trinajstić information content (AvgIpc) is 3.61. The van der Waals surface area contributed by atoms with E-state index in [0.29, 0.717) is 0 Å². The van der Waals surface area contributed by atoms with E-state index in [4.69, 9.17) is 4.74 Å². The van der Waals surface area contributed by atoms with Gasteiger partial charge in [0.2, 0.25) is 0 Å². The van der Waals surface area contributed by atoms with Crippen LogP contribution in [0.4, 0.5) is 17.1 Å². The molecule has 1 aliphatic heterocycles. The molecule has 1 aliphatic rings. The minimum Gasteiger partial charge on any atom is -0.453 e. The SMILES string of the molecule is c1cc(-c2cccc3ccccc23)cc(N(c2ccc(-c3ccc4c(c3)c3cccc5c3n4-c3ccccc3O5)cc2)c2ccc3c(ccc4ccccc43)c2)c1. The summed E-state index contributed by atoms with van der Waals surface area (Å²) < 4.78 is 8.72. The highest BCUT2D eigenvalue weighted by Gasteiger charge is 2.24. The summed E-state index contributed by atoms with van der Waals surface area (Å²) >= 11 is 0. The Balaban J connectivity index is 0.991. The van der Waals surface area contributed by atoms with Crippen molar-refractivity contribution in [3.63, 3.8) is 0 Å². The normalized spacial score (nSPS) is 12.0. The van der Waals surface area contributed by atoms with Crippen molar-refractivity contribution < 1.29 is 4.74 Å². The molecule has 10 aromatic carbocycles. The molecule has 0 bridgehead atoms. The lowest BCUT2D eigenvalue weighted by Gasteiger charge is -2.27. The molecule has 0 fully saturated rings. The topological polar surface area (TPSA) is 17.4 Å². The fourth-order valence-electron chi connectivity index (χ4n) is 9.08. The first-order chi connectivity index (χ1) is 28.2. The summed E-state index contributed by atoms with van der Waals surface area (Å²) in [5.74, 6) is 1.77. The largest absolute Gasteiger partial charge is 0.453 e. The molecule has 2 heterocycles. The fraction of sp³-hybridized carbons (Fsp3) is 0. The molecule has 3 heteroatoms. The number of ether oxygens (including phenoxy) is 1. The Morgan fingerprint density at radius 1 is 0.351 bits per heavy atom. The number of hydrogen-bond acceptors (Lipinski definition) is 2. The molecule has 3 nitrogen and oxygen atoms in total. The van der Waals surface area contributed by atoms with E-state index in [1.807, 2.05) is 12.1 Å². The van der Waals surface area contributed by atoms with Crippen molar-refractivity contribution in [1.29, 1.82) is 0 Å². The second-order valence-electron chi connectivity index (χ2n) is 14.9. The van der Waals surface area contributed by atoms with Crippen molar-refractivity contribution in [2.24, 2.45) is 0 Å². The number of nitrogens with zero attached hydrogens (tertiary/aromatic N) is 2. The van der Waals surface area contributed by atoms with Gasteiger partial charge in [0.15, 0.2) is 11.5 Å². The van der Waals surface area contributed by atoms with Crippen molar-refractivity contribution in [3.05, 3.63) is 206 Å². The zero-order valence-corrected chi connectivity index (χ0v) is 30.9. The number of fused-ring (bicyclic) bond motifs is 9. The van der Waals surface area contributed by atoms with Gasteiger partial charge < -0.3 is 14.2 Å². The summed E-state index contributed by atoms with van der Waals surface area (Å²) in [6.07, 6.45) is 0. The van der Waals surface area contributed by atoms with Crippen LogP contribution >= 0.6 is 0 Å². The molecule has 0 aliphatic carbocycles. The third-order valence-electron chi connectivity index (χ3n) is 11.7. The van der Waals surface area contributed by atoms with Crippen LogP contribution in [0.1, 0.15) is 0 Å². The van der Waals surface area contributed by atoms with E-state index in [9.17, 15) is 0 Å². The standard InChI is InChI=1S/C54H34N2O/c1-3-15-44-36(10-1)12-8-17-46(44)39-13-7-14-42(32-39)55(43-29-30-47-40(33-43)23-22-37-11-2-4-16-45(37)47)41-27-24-35(25-28-41)38-26-31-50-49(34-38)48-18-9-21-53-54(48)56(50)51-19-5-6-20-52(51)57-53/h1-34H. The lowest BCUT2D eigenvalue weighted by atomic mass is 9.97. The predicted molar refractivity (Wildman–Crippen MR) is 239 cm³/mol. The van der Waals surface area contributed by atoms with Gasteiger partial charge in [0.05, 0.1) is 16.7 Å². The maximum absolute atomic E-state index is 6.37. The summed E-state index contributed by atoms with van der Waals surface area (Å²) in [7, 11) is 0. The smallest absolute Gasteiger partial charge is 0.152 e. The molecule has 12 rings (SSSR count). The van der Waals surface area contributed by atoms with E-state index in [1.165, 1.54) is 70.9 Å². The first-order valence-electron chi connectivity index (χ1n) is 19.5. The number of hydrogen-bond donors (Lipinski definition) is 0. The molecule has 0 amide bonds. The Morgan fingerprint density at radius 3 is 1.91 bits per heavy atom. The summed E-state index contributed by atoms with van der Waals surface area (Å²) in [5, 5.41) is 9.88. The van der Waals surface area contributed by atoms with Crippen LogP contribution in [0.2, 0.25) is 0 Å². The van der Waals surface area contributed by atoms with Gasteiger partial charge in [-0.3, -0.25) is 0 Å². The lowest BCUT2D eigenvalue weighted by Crippen LogP contribution is -2.10. The summed E-state index contributed by atoms with van der Waals surface area (Å²) in [5.41, 5.74) is 11.4. The minimum atomic E-state index is 0.877. The molecule has 0 saturated carbocycles. The van der Waals surface area contributed by atoms with Crippen LogP contribution in [0.5, 0.6) is 11.5 Å². The van der Waals surface area contributed by atoms with E-state index in [-0.39, 0.29) is 0 Å². The fourth-order valence-corrected chi connectivity index (χ4v) is 9.08. The number of aromatic nitrogens is 1. The lowest BCUT2D eigenvalue weighted by molar-refractivity contribution is 0.476. The van der Waals surface area contributed by atoms with Crippen LogP contribution < -0.4 is 9.64 Å². The van der Waals surface area contributed by atoms with E-state index in [2.05, 4.69) is 204 Å². The van der Waals surface area contributed by atoms with E-state index in [0.717, 1.165) is 39.8 Å². The van der Waals surface area contributed by atoms with Gasteiger partial charge in [0.1, 0.15) is 0 Å². The van der Waals surface area contributed by atoms with Gasteiger partial charge in [0, 0.05) is 27.8 Å². The maximum atomic E-state index is 6.37. The summed E-state index contributed by atoms with van der Waals surface area (Å²) in [6.45, 7) is 0. The number of anilines is 3.